The first-order chi connectivity index (χ1) is 44.4. The highest BCUT2D eigenvalue weighted by molar-refractivity contribution is 6.03. The number of unbranched alkanes of at least 4 members (excludes halogenated alkanes) is 48. The molecule has 2 aliphatic rings. The van der Waals surface area contributed by atoms with E-state index in [1.165, 1.54) is 173 Å². The van der Waals surface area contributed by atoms with E-state index in [1.807, 2.05) is 0 Å². The number of ketones is 2. The molecule has 2 heterocycles. The second-order valence-corrected chi connectivity index (χ2v) is 27.7. The molecule has 0 spiro atoms. The van der Waals surface area contributed by atoms with E-state index in [0.29, 0.717) is 38.5 Å². The Hall–Kier alpha value is -2.08. The van der Waals surface area contributed by atoms with Crippen LogP contribution < -0.4 is 0 Å². The molecular formula is C76H142O15. The van der Waals surface area contributed by atoms with Crippen LogP contribution in [0.15, 0.2) is 0 Å². The zero-order valence-corrected chi connectivity index (χ0v) is 59.0. The van der Waals surface area contributed by atoms with Gasteiger partial charge in [0.2, 0.25) is 11.9 Å². The van der Waals surface area contributed by atoms with E-state index in [9.17, 15) is 40.2 Å². The van der Waals surface area contributed by atoms with Crippen molar-refractivity contribution in [3.05, 3.63) is 0 Å². The predicted molar refractivity (Wildman–Crippen MR) is 366 cm³/mol. The van der Waals surface area contributed by atoms with Crippen LogP contribution in [0.2, 0.25) is 0 Å². The molecule has 15 nitrogen and oxygen atoms in total. The molecule has 0 aromatic heterocycles. The van der Waals surface area contributed by atoms with Crippen LogP contribution in [0.4, 0.5) is 0 Å². The summed E-state index contributed by atoms with van der Waals surface area (Å²) >= 11 is 0. The first kappa shape index (κ1) is 85.0. The Morgan fingerprint density at radius 2 is 0.571 bits per heavy atom. The summed E-state index contributed by atoms with van der Waals surface area (Å²) in [6, 6.07) is 0. The quantitative estimate of drug-likeness (QED) is 0.0245. The fraction of sp³-hybridized carbons (Fsp3) is 0.947. The van der Waals surface area contributed by atoms with Crippen molar-refractivity contribution in [1.29, 1.82) is 0 Å². The van der Waals surface area contributed by atoms with Crippen LogP contribution in [0.3, 0.4) is 0 Å². The number of esters is 2. The third-order valence-corrected chi connectivity index (χ3v) is 19.6. The van der Waals surface area contributed by atoms with Crippen molar-refractivity contribution in [2.45, 2.75) is 448 Å². The fourth-order valence-electron chi connectivity index (χ4n) is 13.7. The average Bonchev–Trinajstić information content (AvgIpc) is 0.701. The van der Waals surface area contributed by atoms with Crippen molar-refractivity contribution >= 4 is 23.5 Å². The average molecular weight is 1300 g/mol. The first-order valence-corrected chi connectivity index (χ1v) is 38.8. The summed E-state index contributed by atoms with van der Waals surface area (Å²) in [4.78, 5) is 61.8. The summed E-state index contributed by atoms with van der Waals surface area (Å²) in [6.45, 7) is 7.05. The molecule has 536 valence electrons. The molecule has 15 heteroatoms. The van der Waals surface area contributed by atoms with Gasteiger partial charge in [-0.05, 0) is 25.7 Å². The summed E-state index contributed by atoms with van der Waals surface area (Å²) in [7, 11) is 0. The summed E-state index contributed by atoms with van der Waals surface area (Å²) in [5.41, 5.74) is -6.12. The lowest BCUT2D eigenvalue weighted by atomic mass is 9.66. The molecule has 0 amide bonds. The minimum Gasteiger partial charge on any atom is -0.443 e. The van der Waals surface area contributed by atoms with Gasteiger partial charge in [-0.3, -0.25) is 19.2 Å². The molecule has 0 aliphatic carbocycles. The minimum atomic E-state index is -3.08. The van der Waals surface area contributed by atoms with Crippen molar-refractivity contribution in [2.24, 2.45) is 0 Å². The number of aliphatic hydroxyl groups excluding tert-OH is 6. The molecule has 0 unspecified atom stereocenters. The highest BCUT2D eigenvalue weighted by atomic mass is 16.8. The van der Waals surface area contributed by atoms with Crippen LogP contribution in [-0.4, -0.2) is 128 Å². The monoisotopic (exact) mass is 1300 g/mol. The van der Waals surface area contributed by atoms with Gasteiger partial charge in [0.05, 0.1) is 13.2 Å². The number of aliphatic hydroxyl groups is 6. The van der Waals surface area contributed by atoms with Crippen LogP contribution >= 0.6 is 0 Å². The Morgan fingerprint density at radius 3 is 0.857 bits per heavy atom. The molecule has 91 heavy (non-hydrogen) atoms. The fourth-order valence-corrected chi connectivity index (χ4v) is 13.7. The van der Waals surface area contributed by atoms with Crippen LogP contribution in [0, 0.1) is 0 Å². The number of carbonyl (C=O) groups excluding carboxylic acids is 4. The van der Waals surface area contributed by atoms with Gasteiger partial charge in [-0.15, -0.1) is 0 Å². The van der Waals surface area contributed by atoms with Crippen molar-refractivity contribution in [2.75, 3.05) is 13.2 Å². The van der Waals surface area contributed by atoms with E-state index in [-0.39, 0.29) is 38.5 Å². The van der Waals surface area contributed by atoms with Crippen molar-refractivity contribution in [3.63, 3.8) is 0 Å². The van der Waals surface area contributed by atoms with E-state index >= 15 is 9.59 Å². The van der Waals surface area contributed by atoms with Gasteiger partial charge in [0.15, 0.2) is 17.9 Å². The number of carbonyl (C=O) groups is 4. The molecule has 0 saturated carbocycles. The van der Waals surface area contributed by atoms with Gasteiger partial charge in [-0.1, -0.05) is 336 Å². The van der Waals surface area contributed by atoms with Gasteiger partial charge in [0.1, 0.15) is 36.6 Å². The Kier molecular flexibility index (Phi) is 52.3. The van der Waals surface area contributed by atoms with Crippen LogP contribution in [0.5, 0.6) is 0 Å². The maximum absolute atomic E-state index is 16.1. The minimum absolute atomic E-state index is 0.198. The molecule has 2 saturated heterocycles. The topological polar surface area (TPSA) is 236 Å². The maximum atomic E-state index is 16.1. The molecule has 10 atom stereocenters. The molecular weight excluding hydrogens is 1150 g/mol. The smallest absolute Gasteiger partial charge is 0.307 e. The van der Waals surface area contributed by atoms with Crippen molar-refractivity contribution in [1.82, 2.24) is 0 Å². The SMILES string of the molecule is CCCCCCCCCCCCCCCC(=O)O[C@@]1(C(=O)CCCCCCCCCCCCCCC)[C@@H](O[C@H]2[C@H](O)[C@@H](O)[C@H](O)O[C@@H]2CO)O[C@H](CO)[C@@H](O)[C@@]1(OC(=O)CCCCCCCCCCCCCCC)C(=O)CCCCCCCCCCCCCCC. The zero-order chi connectivity index (χ0) is 66.5. The van der Waals surface area contributed by atoms with E-state index in [2.05, 4.69) is 27.7 Å². The second-order valence-electron chi connectivity index (χ2n) is 27.7. The van der Waals surface area contributed by atoms with E-state index in [4.69, 9.17) is 23.7 Å². The lowest BCUT2D eigenvalue weighted by Gasteiger charge is -2.57. The zero-order valence-electron chi connectivity index (χ0n) is 59.0. The highest BCUT2D eigenvalue weighted by Gasteiger charge is 2.78. The van der Waals surface area contributed by atoms with Crippen LogP contribution in [0.25, 0.3) is 0 Å². The second kappa shape index (κ2) is 56.0. The Bertz CT molecular complexity index is 1750. The molecule has 2 fully saturated rings. The van der Waals surface area contributed by atoms with Gasteiger partial charge in [0, 0.05) is 25.7 Å². The predicted octanol–water partition coefficient (Wildman–Crippen LogP) is 17.5. The molecule has 2 rings (SSSR count). The van der Waals surface area contributed by atoms with Gasteiger partial charge in [-0.2, -0.15) is 0 Å². The molecule has 0 aromatic carbocycles. The molecule has 6 N–H and O–H groups in total. The van der Waals surface area contributed by atoms with E-state index in [0.717, 1.165) is 109 Å². The third kappa shape index (κ3) is 34.6. The summed E-state index contributed by atoms with van der Waals surface area (Å²) in [5.74, 6) is -3.68. The lowest BCUT2D eigenvalue weighted by Crippen LogP contribution is -2.83. The van der Waals surface area contributed by atoms with Gasteiger partial charge in [-0.25, -0.2) is 0 Å². The van der Waals surface area contributed by atoms with Gasteiger partial charge >= 0.3 is 11.9 Å². The Labute approximate surface area is 555 Å². The number of hydrogen-bond donors (Lipinski definition) is 6. The summed E-state index contributed by atoms with van der Waals surface area (Å²) in [6.07, 6.45) is 37.8. The summed E-state index contributed by atoms with van der Waals surface area (Å²) in [5, 5.41) is 68.0. The van der Waals surface area contributed by atoms with Gasteiger partial charge in [0.25, 0.3) is 5.60 Å². The number of Topliss-reactive ketones (excluding diaryl/α,β-unsaturated/α-hetero) is 2. The van der Waals surface area contributed by atoms with Gasteiger partial charge < -0.3 is 54.3 Å². The molecule has 0 aromatic rings. The maximum Gasteiger partial charge on any atom is 0.307 e. The van der Waals surface area contributed by atoms with E-state index in [1.54, 1.807) is 0 Å². The van der Waals surface area contributed by atoms with Crippen molar-refractivity contribution < 1.29 is 73.5 Å². The van der Waals surface area contributed by atoms with Crippen molar-refractivity contribution in [3.8, 4) is 0 Å². The molecule has 2 aliphatic heterocycles. The third-order valence-electron chi connectivity index (χ3n) is 19.6. The largest absolute Gasteiger partial charge is 0.443 e. The van der Waals surface area contributed by atoms with Crippen LogP contribution in [0.1, 0.15) is 387 Å². The normalized spacial score (nSPS) is 23.4. The summed E-state index contributed by atoms with van der Waals surface area (Å²) < 4.78 is 31.5. The number of ether oxygens (including phenoxy) is 5. The highest BCUT2D eigenvalue weighted by Crippen LogP contribution is 2.49. The molecule has 0 radical (unpaired) electrons. The lowest BCUT2D eigenvalue weighted by molar-refractivity contribution is -0.383. The standard InChI is InChI=1S/C76H142O15/c1-5-9-13-17-21-25-29-33-37-41-45-49-53-57-65(79)75(90-67(81)59-55-51-47-43-39-35-31-27-23-19-15-11-7-3)72(85)64(62-78)88-74(89-71-63(61-77)87-73(86)70(84)69(71)83)76(75,66(80)58-54-50-46-42-38-34-30-26-22-18-14-10-6-2)91-68(82)60-56-52-48-44-40-36-32-28-24-20-16-12-8-4/h63-64,69-74,77-78,83-86H,5-62H2,1-4H3/t63-,64-,69-,70-,71-,72-,73-,74-,75+,76+/m1/s1. The van der Waals surface area contributed by atoms with E-state index < -0.39 is 97.1 Å². The molecule has 0 bridgehead atoms. The number of hydrogen-bond acceptors (Lipinski definition) is 15. The number of rotatable bonds is 64. The Morgan fingerprint density at radius 1 is 0.319 bits per heavy atom. The van der Waals surface area contributed by atoms with Crippen LogP contribution in [-0.2, 0) is 42.9 Å². The Balaban J connectivity index is 2.63. The first-order valence-electron chi connectivity index (χ1n) is 38.8.